The molecule has 2 fully saturated rings. The van der Waals surface area contributed by atoms with Gasteiger partial charge in [-0.1, -0.05) is 43.2 Å². The summed E-state index contributed by atoms with van der Waals surface area (Å²) >= 11 is 0. The lowest BCUT2D eigenvalue weighted by molar-refractivity contribution is 0.145. The number of likely N-dealkylation sites (tertiary alicyclic amines) is 1. The van der Waals surface area contributed by atoms with Gasteiger partial charge in [0, 0.05) is 25.7 Å². The molecule has 3 nitrogen and oxygen atoms in total. The van der Waals surface area contributed by atoms with Crippen molar-refractivity contribution in [3.05, 3.63) is 35.9 Å². The zero-order chi connectivity index (χ0) is 14.5. The Morgan fingerprint density at radius 1 is 1.14 bits per heavy atom. The number of hydrogen-bond donors (Lipinski definition) is 1. The van der Waals surface area contributed by atoms with E-state index in [1.807, 2.05) is 0 Å². The van der Waals surface area contributed by atoms with Gasteiger partial charge in [0.1, 0.15) is 0 Å². The van der Waals surface area contributed by atoms with Gasteiger partial charge in [0.05, 0.1) is 12.6 Å². The molecule has 1 saturated heterocycles. The monoisotopic (exact) mass is 283 g/mol. The van der Waals surface area contributed by atoms with Crippen LogP contribution in [0.2, 0.25) is 0 Å². The minimum absolute atomic E-state index is 0.524. The molecule has 0 bridgehead atoms. The summed E-state index contributed by atoms with van der Waals surface area (Å²) in [6.45, 7) is 3.64. The highest BCUT2D eigenvalue weighted by molar-refractivity contribution is 5.14. The van der Waals surface area contributed by atoms with E-state index < -0.39 is 0 Å². The molecule has 1 saturated carbocycles. The summed E-state index contributed by atoms with van der Waals surface area (Å²) in [6.07, 6.45) is 5.49. The van der Waals surface area contributed by atoms with Gasteiger partial charge < -0.3 is 5.32 Å². The molecule has 2 aliphatic rings. The first-order chi connectivity index (χ1) is 10.3. The SMILES string of the molecule is N#CCN1CC(CC2CC2)CC(NCc2ccccc2)C1. The summed E-state index contributed by atoms with van der Waals surface area (Å²) in [5.41, 5.74) is 1.34. The van der Waals surface area contributed by atoms with Crippen LogP contribution in [0.1, 0.15) is 31.2 Å². The topological polar surface area (TPSA) is 39.1 Å². The Labute approximate surface area is 128 Å². The Morgan fingerprint density at radius 3 is 2.67 bits per heavy atom. The molecule has 2 atom stereocenters. The van der Waals surface area contributed by atoms with Gasteiger partial charge in [0.25, 0.3) is 0 Å². The molecule has 1 aliphatic carbocycles. The normalized spacial score (nSPS) is 26.4. The van der Waals surface area contributed by atoms with E-state index in [0.717, 1.165) is 31.5 Å². The summed E-state index contributed by atoms with van der Waals surface area (Å²) in [7, 11) is 0. The second-order valence-corrected chi connectivity index (χ2v) is 6.70. The van der Waals surface area contributed by atoms with Crippen LogP contribution in [0.25, 0.3) is 0 Å². The van der Waals surface area contributed by atoms with Crippen LogP contribution >= 0.6 is 0 Å². The summed E-state index contributed by atoms with van der Waals surface area (Å²) < 4.78 is 0. The zero-order valence-electron chi connectivity index (χ0n) is 12.7. The highest BCUT2D eigenvalue weighted by Crippen LogP contribution is 2.37. The van der Waals surface area contributed by atoms with Crippen LogP contribution in [0.4, 0.5) is 0 Å². The van der Waals surface area contributed by atoms with Gasteiger partial charge in [-0.05, 0) is 30.2 Å². The van der Waals surface area contributed by atoms with Gasteiger partial charge in [-0.25, -0.2) is 0 Å². The first-order valence-corrected chi connectivity index (χ1v) is 8.20. The molecule has 0 aromatic heterocycles. The maximum atomic E-state index is 8.98. The molecular weight excluding hydrogens is 258 g/mol. The van der Waals surface area contributed by atoms with E-state index in [4.69, 9.17) is 5.26 Å². The maximum Gasteiger partial charge on any atom is 0.0866 e. The third-order valence-corrected chi connectivity index (χ3v) is 4.71. The van der Waals surface area contributed by atoms with Crippen LogP contribution in [0.3, 0.4) is 0 Å². The maximum absolute atomic E-state index is 8.98. The minimum atomic E-state index is 0.524. The van der Waals surface area contributed by atoms with Crippen LogP contribution in [0, 0.1) is 23.2 Å². The van der Waals surface area contributed by atoms with Crippen LogP contribution in [0.15, 0.2) is 30.3 Å². The first-order valence-electron chi connectivity index (χ1n) is 8.20. The standard InChI is InChI=1S/C18H25N3/c19-8-9-21-13-17(10-15-6-7-15)11-18(14-21)20-12-16-4-2-1-3-5-16/h1-5,15,17-18,20H,6-7,9-14H2. The quantitative estimate of drug-likeness (QED) is 0.816. The molecule has 3 rings (SSSR count). The third-order valence-electron chi connectivity index (χ3n) is 4.71. The Morgan fingerprint density at radius 2 is 1.95 bits per heavy atom. The highest BCUT2D eigenvalue weighted by atomic mass is 15.2. The summed E-state index contributed by atoms with van der Waals surface area (Å²) in [4.78, 5) is 2.33. The van der Waals surface area contributed by atoms with Crippen molar-refractivity contribution in [1.29, 1.82) is 5.26 Å². The van der Waals surface area contributed by atoms with Crippen molar-refractivity contribution in [3.8, 4) is 6.07 Å². The van der Waals surface area contributed by atoms with E-state index >= 15 is 0 Å². The van der Waals surface area contributed by atoms with E-state index in [9.17, 15) is 0 Å². The Bertz CT molecular complexity index is 475. The highest BCUT2D eigenvalue weighted by Gasteiger charge is 2.31. The van der Waals surface area contributed by atoms with Gasteiger partial charge in [-0.15, -0.1) is 0 Å². The zero-order valence-corrected chi connectivity index (χ0v) is 12.7. The van der Waals surface area contributed by atoms with Crippen molar-refractivity contribution >= 4 is 0 Å². The molecule has 21 heavy (non-hydrogen) atoms. The molecule has 1 N–H and O–H groups in total. The van der Waals surface area contributed by atoms with Crippen molar-refractivity contribution in [1.82, 2.24) is 10.2 Å². The summed E-state index contributed by atoms with van der Waals surface area (Å²) in [5.74, 6) is 1.75. The number of piperidine rings is 1. The predicted molar refractivity (Wildman–Crippen MR) is 84.6 cm³/mol. The molecule has 2 unspecified atom stereocenters. The van der Waals surface area contributed by atoms with Crippen LogP contribution < -0.4 is 5.32 Å². The number of benzene rings is 1. The summed E-state index contributed by atoms with van der Waals surface area (Å²) in [5, 5.41) is 12.7. The number of nitrogens with zero attached hydrogens (tertiary/aromatic N) is 2. The number of rotatable bonds is 6. The van der Waals surface area contributed by atoms with Gasteiger partial charge in [0.2, 0.25) is 0 Å². The molecule has 3 heteroatoms. The third kappa shape index (κ3) is 4.56. The smallest absolute Gasteiger partial charge is 0.0866 e. The van der Waals surface area contributed by atoms with Crippen molar-refractivity contribution in [2.75, 3.05) is 19.6 Å². The second-order valence-electron chi connectivity index (χ2n) is 6.70. The average Bonchev–Trinajstić information content (AvgIpc) is 3.30. The van der Waals surface area contributed by atoms with Crippen LogP contribution in [-0.4, -0.2) is 30.6 Å². The molecule has 0 amide bonds. The largest absolute Gasteiger partial charge is 0.309 e. The summed E-state index contributed by atoms with van der Waals surface area (Å²) in [6, 6.07) is 13.4. The molecule has 0 spiro atoms. The van der Waals surface area contributed by atoms with Crippen LogP contribution in [-0.2, 0) is 6.54 Å². The van der Waals surface area contributed by atoms with Crippen LogP contribution in [0.5, 0.6) is 0 Å². The average molecular weight is 283 g/mol. The molecule has 1 aromatic carbocycles. The molecule has 112 valence electrons. The minimum Gasteiger partial charge on any atom is -0.309 e. The fraction of sp³-hybridized carbons (Fsp3) is 0.611. The Hall–Kier alpha value is -1.37. The van der Waals surface area contributed by atoms with Crippen molar-refractivity contribution in [2.24, 2.45) is 11.8 Å². The predicted octanol–water partition coefficient (Wildman–Crippen LogP) is 2.79. The number of hydrogen-bond acceptors (Lipinski definition) is 3. The lowest BCUT2D eigenvalue weighted by atomic mass is 9.89. The second kappa shape index (κ2) is 7.06. The molecule has 1 heterocycles. The molecule has 1 aliphatic heterocycles. The number of nitriles is 1. The Balaban J connectivity index is 1.53. The number of nitrogens with one attached hydrogen (secondary N) is 1. The molecule has 0 radical (unpaired) electrons. The van der Waals surface area contributed by atoms with Gasteiger partial charge in [-0.3, -0.25) is 4.90 Å². The fourth-order valence-electron chi connectivity index (χ4n) is 3.53. The van der Waals surface area contributed by atoms with E-state index in [1.165, 1.54) is 31.2 Å². The van der Waals surface area contributed by atoms with E-state index in [0.29, 0.717) is 12.6 Å². The van der Waals surface area contributed by atoms with E-state index in [2.05, 4.69) is 46.6 Å². The van der Waals surface area contributed by atoms with E-state index in [1.54, 1.807) is 0 Å². The first kappa shape index (κ1) is 14.6. The molecule has 1 aromatic rings. The Kier molecular flexibility index (Phi) is 4.90. The lowest BCUT2D eigenvalue weighted by Gasteiger charge is -2.37. The van der Waals surface area contributed by atoms with Crippen molar-refractivity contribution < 1.29 is 0 Å². The van der Waals surface area contributed by atoms with Gasteiger partial charge in [-0.2, -0.15) is 5.26 Å². The van der Waals surface area contributed by atoms with Crippen molar-refractivity contribution in [3.63, 3.8) is 0 Å². The fourth-order valence-corrected chi connectivity index (χ4v) is 3.53. The van der Waals surface area contributed by atoms with Gasteiger partial charge >= 0.3 is 0 Å². The van der Waals surface area contributed by atoms with Crippen molar-refractivity contribution in [2.45, 2.75) is 38.3 Å². The lowest BCUT2D eigenvalue weighted by Crippen LogP contribution is -2.49. The van der Waals surface area contributed by atoms with Gasteiger partial charge in [0.15, 0.2) is 0 Å². The van der Waals surface area contributed by atoms with E-state index in [-0.39, 0.29) is 0 Å². The molecular formula is C18H25N3.